The van der Waals surface area contributed by atoms with Gasteiger partial charge in [-0.25, -0.2) is 9.59 Å². The Morgan fingerprint density at radius 1 is 1.20 bits per heavy atom. The Labute approximate surface area is 183 Å². The second-order valence-electron chi connectivity index (χ2n) is 7.71. The van der Waals surface area contributed by atoms with E-state index in [-0.39, 0.29) is 24.2 Å². The lowest BCUT2D eigenvalue weighted by atomic mass is 10.2. The molecular weight excluding hydrogens is 404 g/mol. The average molecular weight is 435 g/mol. The van der Waals surface area contributed by atoms with Crippen LogP contribution in [0.1, 0.15) is 20.8 Å². The van der Waals surface area contributed by atoms with Gasteiger partial charge in [-0.15, -0.1) is 0 Å². The Kier molecular flexibility index (Phi) is 7.36. The van der Waals surface area contributed by atoms with E-state index in [1.807, 2.05) is 45.0 Å². The van der Waals surface area contributed by atoms with Gasteiger partial charge in [-0.2, -0.15) is 0 Å². The first kappa shape index (κ1) is 22.1. The molecule has 9 heteroatoms. The van der Waals surface area contributed by atoms with Gasteiger partial charge < -0.3 is 24.6 Å². The minimum Gasteiger partial charge on any atom is -0.450 e. The standard InChI is InChI=1S/C21H30N4O4S/c1-4-28-20(26)24-11-9-23(10-12-24)16-5-7-17(8-6-16)25-14-18(29-21(25)27)13-22-19(30)15(2)3/h5-8,15,18H,4,9-14H2,1-3H3,(H,22,30)/t18-/m0/s1. The van der Waals surface area contributed by atoms with Crippen molar-refractivity contribution in [3.05, 3.63) is 24.3 Å². The van der Waals surface area contributed by atoms with Crippen molar-refractivity contribution in [2.45, 2.75) is 26.9 Å². The highest BCUT2D eigenvalue weighted by molar-refractivity contribution is 7.80. The molecule has 0 spiro atoms. The number of cyclic esters (lactones) is 1. The summed E-state index contributed by atoms with van der Waals surface area (Å²) in [4.78, 5) is 30.5. The smallest absolute Gasteiger partial charge is 0.414 e. The molecule has 2 aliphatic rings. The number of ether oxygens (including phenoxy) is 2. The average Bonchev–Trinajstić information content (AvgIpc) is 3.13. The van der Waals surface area contributed by atoms with Crippen LogP contribution in [0.4, 0.5) is 21.0 Å². The number of benzene rings is 1. The van der Waals surface area contributed by atoms with Crippen LogP contribution in [-0.4, -0.2) is 74.1 Å². The van der Waals surface area contributed by atoms with Crippen LogP contribution in [-0.2, 0) is 9.47 Å². The van der Waals surface area contributed by atoms with Gasteiger partial charge in [0, 0.05) is 43.5 Å². The van der Waals surface area contributed by atoms with Gasteiger partial charge in [0.05, 0.1) is 24.7 Å². The molecule has 1 aromatic carbocycles. The second-order valence-corrected chi connectivity index (χ2v) is 8.15. The molecule has 2 heterocycles. The minimum atomic E-state index is -0.340. The number of piperazine rings is 1. The summed E-state index contributed by atoms with van der Waals surface area (Å²) in [5.41, 5.74) is 1.87. The lowest BCUT2D eigenvalue weighted by molar-refractivity contribution is 0.105. The van der Waals surface area contributed by atoms with Gasteiger partial charge in [-0.05, 0) is 31.2 Å². The SMILES string of the molecule is CCOC(=O)N1CCN(c2ccc(N3C[C@H](CNC(=S)C(C)C)OC3=O)cc2)CC1. The largest absolute Gasteiger partial charge is 0.450 e. The van der Waals surface area contributed by atoms with Gasteiger partial charge in [-0.3, -0.25) is 4.90 Å². The van der Waals surface area contributed by atoms with Crippen LogP contribution < -0.4 is 15.1 Å². The van der Waals surface area contributed by atoms with Crippen LogP contribution in [0, 0.1) is 5.92 Å². The molecule has 2 saturated heterocycles. The first-order valence-electron chi connectivity index (χ1n) is 10.4. The van der Waals surface area contributed by atoms with Gasteiger partial charge in [0.25, 0.3) is 0 Å². The number of anilines is 2. The van der Waals surface area contributed by atoms with E-state index >= 15 is 0 Å². The number of nitrogens with one attached hydrogen (secondary N) is 1. The van der Waals surface area contributed by atoms with Crippen molar-refractivity contribution in [3.8, 4) is 0 Å². The molecule has 1 N–H and O–H groups in total. The predicted octanol–water partition coefficient (Wildman–Crippen LogP) is 2.86. The molecule has 0 aliphatic carbocycles. The molecule has 0 saturated carbocycles. The van der Waals surface area contributed by atoms with E-state index in [9.17, 15) is 9.59 Å². The number of nitrogens with zero attached hydrogens (tertiary/aromatic N) is 3. The molecule has 0 radical (unpaired) electrons. The maximum absolute atomic E-state index is 12.3. The predicted molar refractivity (Wildman–Crippen MR) is 120 cm³/mol. The van der Waals surface area contributed by atoms with Crippen molar-refractivity contribution in [1.82, 2.24) is 10.2 Å². The fourth-order valence-electron chi connectivity index (χ4n) is 3.46. The van der Waals surface area contributed by atoms with Crippen molar-refractivity contribution in [3.63, 3.8) is 0 Å². The van der Waals surface area contributed by atoms with Crippen LogP contribution in [0.2, 0.25) is 0 Å². The zero-order chi connectivity index (χ0) is 21.7. The van der Waals surface area contributed by atoms with E-state index in [4.69, 9.17) is 21.7 Å². The molecule has 1 aromatic rings. The Balaban J connectivity index is 1.53. The number of hydrogen-bond donors (Lipinski definition) is 1. The first-order valence-corrected chi connectivity index (χ1v) is 10.8. The third-order valence-corrected chi connectivity index (χ3v) is 5.85. The highest BCUT2D eigenvalue weighted by Crippen LogP contribution is 2.25. The van der Waals surface area contributed by atoms with Gasteiger partial charge in [-0.1, -0.05) is 26.1 Å². The normalized spacial score (nSPS) is 19.1. The molecule has 3 rings (SSSR count). The lowest BCUT2D eigenvalue weighted by Gasteiger charge is -2.35. The molecule has 2 fully saturated rings. The van der Waals surface area contributed by atoms with Gasteiger partial charge in [0.1, 0.15) is 6.10 Å². The monoisotopic (exact) mass is 434 g/mol. The van der Waals surface area contributed by atoms with E-state index in [2.05, 4.69) is 10.2 Å². The molecule has 1 atom stereocenters. The molecule has 2 amide bonds. The summed E-state index contributed by atoms with van der Waals surface area (Å²) in [5.74, 6) is 0.264. The van der Waals surface area contributed by atoms with E-state index in [0.29, 0.717) is 32.8 Å². The maximum atomic E-state index is 12.3. The molecule has 164 valence electrons. The molecular formula is C21H30N4O4S. The number of carbonyl (C=O) groups excluding carboxylic acids is 2. The molecule has 0 bridgehead atoms. The van der Waals surface area contributed by atoms with Crippen LogP contribution in [0.3, 0.4) is 0 Å². The number of amides is 2. The fourth-order valence-corrected chi connectivity index (χ4v) is 3.55. The summed E-state index contributed by atoms with van der Waals surface area (Å²) in [6, 6.07) is 7.87. The number of hydrogen-bond acceptors (Lipinski definition) is 6. The third kappa shape index (κ3) is 5.33. The van der Waals surface area contributed by atoms with Crippen molar-refractivity contribution in [1.29, 1.82) is 0 Å². The highest BCUT2D eigenvalue weighted by Gasteiger charge is 2.32. The number of thiocarbonyl (C=S) groups is 1. The molecule has 2 aliphatic heterocycles. The highest BCUT2D eigenvalue weighted by atomic mass is 32.1. The van der Waals surface area contributed by atoms with E-state index < -0.39 is 0 Å². The Morgan fingerprint density at radius 3 is 2.43 bits per heavy atom. The van der Waals surface area contributed by atoms with E-state index in [1.54, 1.807) is 9.80 Å². The maximum Gasteiger partial charge on any atom is 0.414 e. The topological polar surface area (TPSA) is 74.3 Å². The van der Waals surface area contributed by atoms with Gasteiger partial charge in [0.2, 0.25) is 0 Å². The Bertz CT molecular complexity index is 763. The summed E-state index contributed by atoms with van der Waals surface area (Å²) in [5, 5.41) is 3.17. The zero-order valence-electron chi connectivity index (χ0n) is 17.8. The summed E-state index contributed by atoms with van der Waals surface area (Å²) in [6.07, 6.45) is -0.823. The summed E-state index contributed by atoms with van der Waals surface area (Å²) in [7, 11) is 0. The van der Waals surface area contributed by atoms with Crippen LogP contribution in [0.15, 0.2) is 24.3 Å². The van der Waals surface area contributed by atoms with Crippen LogP contribution in [0.25, 0.3) is 0 Å². The van der Waals surface area contributed by atoms with Crippen molar-refractivity contribution in [2.75, 3.05) is 55.7 Å². The number of rotatable bonds is 6. The lowest BCUT2D eigenvalue weighted by Crippen LogP contribution is -2.49. The first-order chi connectivity index (χ1) is 14.4. The summed E-state index contributed by atoms with van der Waals surface area (Å²) >= 11 is 5.28. The van der Waals surface area contributed by atoms with Crippen molar-refractivity contribution < 1.29 is 19.1 Å². The second kappa shape index (κ2) is 9.97. The minimum absolute atomic E-state index is 0.232. The quantitative estimate of drug-likeness (QED) is 0.690. The third-order valence-electron chi connectivity index (χ3n) is 5.23. The zero-order valence-corrected chi connectivity index (χ0v) is 18.6. The Hall–Kier alpha value is -2.55. The number of carbonyl (C=O) groups is 2. The fraction of sp³-hybridized carbons (Fsp3) is 0.571. The van der Waals surface area contributed by atoms with E-state index in [0.717, 1.165) is 29.5 Å². The van der Waals surface area contributed by atoms with Crippen LogP contribution >= 0.6 is 12.2 Å². The Morgan fingerprint density at radius 2 is 1.83 bits per heavy atom. The molecule has 30 heavy (non-hydrogen) atoms. The van der Waals surface area contributed by atoms with Gasteiger partial charge in [0.15, 0.2) is 0 Å². The molecule has 0 unspecified atom stereocenters. The van der Waals surface area contributed by atoms with Crippen LogP contribution in [0.5, 0.6) is 0 Å². The summed E-state index contributed by atoms with van der Waals surface area (Å²) in [6.45, 7) is 10.0. The molecule has 8 nitrogen and oxygen atoms in total. The van der Waals surface area contributed by atoms with Crippen molar-refractivity contribution in [2.24, 2.45) is 5.92 Å². The summed E-state index contributed by atoms with van der Waals surface area (Å²) < 4.78 is 10.5. The van der Waals surface area contributed by atoms with E-state index in [1.165, 1.54) is 0 Å². The van der Waals surface area contributed by atoms with Crippen molar-refractivity contribution >= 4 is 40.8 Å². The van der Waals surface area contributed by atoms with Gasteiger partial charge >= 0.3 is 12.2 Å². The molecule has 0 aromatic heterocycles.